The van der Waals surface area contributed by atoms with Gasteiger partial charge in [-0.2, -0.15) is 0 Å². The molecule has 0 heterocycles. The molecule has 62 valence electrons. The molecule has 0 saturated heterocycles. The minimum Gasteiger partial charge on any atom is -0.0777 e. The molecule has 2 rings (SSSR count). The van der Waals surface area contributed by atoms with Crippen LogP contribution in [0.5, 0.6) is 0 Å². The number of fused-ring (bicyclic) bond motifs is 1. The lowest BCUT2D eigenvalue weighted by molar-refractivity contribution is 1.17. The van der Waals surface area contributed by atoms with Crippen molar-refractivity contribution in [3.8, 4) is 0 Å². The maximum atomic E-state index is 2.48. The van der Waals surface area contributed by atoms with E-state index >= 15 is 0 Å². The molecule has 0 nitrogen and oxygen atoms in total. The normalized spacial score (nSPS) is 20.7. The Morgan fingerprint density at radius 3 is 3.00 bits per heavy atom. The van der Waals surface area contributed by atoms with E-state index < -0.39 is 0 Å². The molecule has 0 unspecified atom stereocenters. The van der Waals surface area contributed by atoms with Crippen molar-refractivity contribution >= 4 is 34.7 Å². The van der Waals surface area contributed by atoms with Crippen molar-refractivity contribution < 1.29 is 0 Å². The number of hydrogen-bond donors (Lipinski definition) is 0. The quantitative estimate of drug-likeness (QED) is 0.498. The Bertz CT molecular complexity index is 404. The molecule has 0 aromatic heterocycles. The molecular weight excluding hydrogens is 259 g/mol. The van der Waals surface area contributed by atoms with Crippen molar-refractivity contribution in [2.75, 3.05) is 0 Å². The van der Waals surface area contributed by atoms with Crippen LogP contribution in [0.2, 0.25) is 0 Å². The molecule has 1 aromatic rings. The molecule has 0 saturated carbocycles. The summed E-state index contributed by atoms with van der Waals surface area (Å²) in [5, 5.41) is 2.80. The maximum absolute atomic E-state index is 2.48. The first-order valence-electron chi connectivity index (χ1n) is 4.18. The summed E-state index contributed by atoms with van der Waals surface area (Å²) >= 11 is 2.48. The van der Waals surface area contributed by atoms with E-state index in [1.165, 1.54) is 22.4 Å². The average molecular weight is 270 g/mol. The van der Waals surface area contributed by atoms with E-state index in [4.69, 9.17) is 0 Å². The van der Waals surface area contributed by atoms with Gasteiger partial charge in [-0.1, -0.05) is 58.5 Å². The summed E-state index contributed by atoms with van der Waals surface area (Å²) in [5.74, 6) is 0. The van der Waals surface area contributed by atoms with Crippen LogP contribution in [0, 0.1) is 6.92 Å². The number of halogens is 1. The van der Waals surface area contributed by atoms with Crippen LogP contribution in [0.25, 0.3) is 12.2 Å². The predicted octanol–water partition coefficient (Wildman–Crippen LogP) is 1.76. The molecule has 1 aliphatic rings. The van der Waals surface area contributed by atoms with Crippen LogP contribution in [0.1, 0.15) is 12.0 Å². The Labute approximate surface area is 86.1 Å². The molecule has 0 aliphatic heterocycles. The third-order valence-corrected chi connectivity index (χ3v) is 3.03. The molecule has 1 heteroatoms. The van der Waals surface area contributed by atoms with E-state index in [1.807, 2.05) is 0 Å². The van der Waals surface area contributed by atoms with Crippen LogP contribution in [0.4, 0.5) is 0 Å². The van der Waals surface area contributed by atoms with Gasteiger partial charge in [-0.25, -0.2) is 0 Å². The van der Waals surface area contributed by atoms with Crippen LogP contribution >= 0.6 is 22.6 Å². The summed E-state index contributed by atoms with van der Waals surface area (Å²) in [4.78, 5) is 0. The van der Waals surface area contributed by atoms with Gasteiger partial charge in [0.1, 0.15) is 0 Å². The first kappa shape index (κ1) is 8.30. The van der Waals surface area contributed by atoms with Gasteiger partial charge in [0.05, 0.1) is 0 Å². The summed E-state index contributed by atoms with van der Waals surface area (Å²) < 4.78 is 0.679. The van der Waals surface area contributed by atoms with Gasteiger partial charge < -0.3 is 0 Å². The Kier molecular flexibility index (Phi) is 2.22. The fourth-order valence-corrected chi connectivity index (χ4v) is 2.17. The van der Waals surface area contributed by atoms with Gasteiger partial charge in [-0.05, 0) is 23.8 Å². The van der Waals surface area contributed by atoms with E-state index in [9.17, 15) is 0 Å². The first-order valence-corrected chi connectivity index (χ1v) is 5.43. The lowest BCUT2D eigenvalue weighted by Gasteiger charge is -2.06. The van der Waals surface area contributed by atoms with Crippen molar-refractivity contribution in [1.82, 2.24) is 0 Å². The van der Waals surface area contributed by atoms with Crippen molar-refractivity contribution in [3.63, 3.8) is 0 Å². The molecule has 0 radical (unpaired) electrons. The molecule has 1 aliphatic carbocycles. The Hall–Kier alpha value is -0.310. The van der Waals surface area contributed by atoms with Gasteiger partial charge in [-0.15, -0.1) is 0 Å². The van der Waals surface area contributed by atoms with E-state index in [2.05, 4.69) is 59.9 Å². The fraction of sp³-hybridized carbons (Fsp3) is 0.273. The fourth-order valence-electron chi connectivity index (χ4n) is 1.53. The molecule has 0 amide bonds. The highest BCUT2D eigenvalue weighted by Crippen LogP contribution is 2.09. The zero-order valence-corrected chi connectivity index (χ0v) is 9.21. The maximum Gasteiger partial charge on any atom is 0.0333 e. The van der Waals surface area contributed by atoms with Crippen molar-refractivity contribution in [3.05, 3.63) is 34.2 Å². The predicted molar refractivity (Wildman–Crippen MR) is 61.8 cm³/mol. The SMILES string of the molecule is Cc1ccc2c(c1)=CC[C@@H](I)C=2. The van der Waals surface area contributed by atoms with Gasteiger partial charge in [0, 0.05) is 3.92 Å². The van der Waals surface area contributed by atoms with Gasteiger partial charge >= 0.3 is 0 Å². The van der Waals surface area contributed by atoms with Crippen molar-refractivity contribution in [2.24, 2.45) is 0 Å². The van der Waals surface area contributed by atoms with Crippen molar-refractivity contribution in [1.29, 1.82) is 0 Å². The van der Waals surface area contributed by atoms with Crippen LogP contribution < -0.4 is 10.4 Å². The van der Waals surface area contributed by atoms with Crippen LogP contribution in [0.3, 0.4) is 0 Å². The van der Waals surface area contributed by atoms with Crippen LogP contribution in [-0.2, 0) is 0 Å². The minimum absolute atomic E-state index is 0.679. The number of rotatable bonds is 0. The van der Waals surface area contributed by atoms with Gasteiger partial charge in [0.2, 0.25) is 0 Å². The Morgan fingerprint density at radius 1 is 1.33 bits per heavy atom. The summed E-state index contributed by atoms with van der Waals surface area (Å²) in [6.07, 6.45) is 5.85. The number of alkyl halides is 1. The minimum atomic E-state index is 0.679. The van der Waals surface area contributed by atoms with Gasteiger partial charge in [0.15, 0.2) is 0 Å². The van der Waals surface area contributed by atoms with Crippen LogP contribution in [-0.4, -0.2) is 3.92 Å². The summed E-state index contributed by atoms with van der Waals surface area (Å²) in [6.45, 7) is 2.14. The van der Waals surface area contributed by atoms with Gasteiger partial charge in [0.25, 0.3) is 0 Å². The highest BCUT2D eigenvalue weighted by atomic mass is 127. The second kappa shape index (κ2) is 3.21. The lowest BCUT2D eigenvalue weighted by atomic mass is 10.1. The zero-order valence-electron chi connectivity index (χ0n) is 7.05. The third kappa shape index (κ3) is 1.56. The second-order valence-electron chi connectivity index (χ2n) is 3.25. The third-order valence-electron chi connectivity index (χ3n) is 2.17. The average Bonchev–Trinajstić information content (AvgIpc) is 2.05. The highest BCUT2D eigenvalue weighted by Gasteiger charge is 2.01. The van der Waals surface area contributed by atoms with E-state index in [0.29, 0.717) is 3.92 Å². The molecular formula is C11H11I. The number of benzene rings is 1. The lowest BCUT2D eigenvalue weighted by Crippen LogP contribution is -2.28. The topological polar surface area (TPSA) is 0 Å². The summed E-state index contributed by atoms with van der Waals surface area (Å²) in [7, 11) is 0. The molecule has 1 aromatic carbocycles. The Balaban J connectivity index is 2.71. The van der Waals surface area contributed by atoms with Gasteiger partial charge in [-0.3, -0.25) is 0 Å². The molecule has 12 heavy (non-hydrogen) atoms. The molecule has 0 fully saturated rings. The largest absolute Gasteiger partial charge is 0.0777 e. The molecule has 0 bridgehead atoms. The zero-order chi connectivity index (χ0) is 8.55. The van der Waals surface area contributed by atoms with E-state index in [-0.39, 0.29) is 0 Å². The number of hydrogen-bond acceptors (Lipinski definition) is 0. The molecule has 0 spiro atoms. The monoisotopic (exact) mass is 270 g/mol. The summed E-state index contributed by atoms with van der Waals surface area (Å²) in [5.41, 5.74) is 1.35. The summed E-state index contributed by atoms with van der Waals surface area (Å²) in [6, 6.07) is 6.65. The second-order valence-corrected chi connectivity index (χ2v) is 4.85. The molecule has 1 atom stereocenters. The smallest absolute Gasteiger partial charge is 0.0333 e. The standard InChI is InChI=1S/C11H11I/c1-8-2-3-10-7-11(12)5-4-9(10)6-8/h2-4,6-7,11H,5H2,1H3/t11-/m1/s1. The molecule has 0 N–H and O–H groups in total. The van der Waals surface area contributed by atoms with E-state index in [0.717, 1.165) is 0 Å². The first-order chi connectivity index (χ1) is 5.75. The number of aryl methyl sites for hydroxylation is 1. The van der Waals surface area contributed by atoms with Crippen molar-refractivity contribution in [2.45, 2.75) is 17.3 Å². The van der Waals surface area contributed by atoms with Crippen LogP contribution in [0.15, 0.2) is 18.2 Å². The van der Waals surface area contributed by atoms with E-state index in [1.54, 1.807) is 0 Å². The highest BCUT2D eigenvalue weighted by molar-refractivity contribution is 14.1. The Morgan fingerprint density at radius 2 is 2.17 bits per heavy atom.